The molecule has 0 aliphatic heterocycles. The van der Waals surface area contributed by atoms with Gasteiger partial charge in [0.1, 0.15) is 0 Å². The van der Waals surface area contributed by atoms with Crippen LogP contribution in [0, 0.1) is 0 Å². The number of rotatable bonds is 6. The lowest BCUT2D eigenvalue weighted by molar-refractivity contribution is 0.127. The van der Waals surface area contributed by atoms with Crippen molar-refractivity contribution < 1.29 is 0 Å². The van der Waals surface area contributed by atoms with Crippen molar-refractivity contribution in [3.8, 4) is 0 Å². The highest BCUT2D eigenvalue weighted by molar-refractivity contribution is 4.74. The summed E-state index contributed by atoms with van der Waals surface area (Å²) < 4.78 is 0. The largest absolute Gasteiger partial charge is 0.255 e. The Hall–Kier alpha value is -0.0800. The molecule has 2 heteroatoms. The maximum absolute atomic E-state index is 3.49. The number of hydrogen-bond acceptors (Lipinski definition) is 2. The van der Waals surface area contributed by atoms with Crippen LogP contribution in [0.3, 0.4) is 0 Å². The molecule has 0 bridgehead atoms. The Morgan fingerprint density at radius 1 is 1.23 bits per heavy atom. The Morgan fingerprint density at radius 3 is 2.46 bits per heavy atom. The predicted octanol–water partition coefficient (Wildman–Crippen LogP) is 2.56. The van der Waals surface area contributed by atoms with Gasteiger partial charge in [0.2, 0.25) is 0 Å². The summed E-state index contributed by atoms with van der Waals surface area (Å²) in [5.74, 6) is 0. The van der Waals surface area contributed by atoms with Gasteiger partial charge in [0.05, 0.1) is 0 Å². The lowest BCUT2D eigenvalue weighted by Gasteiger charge is -2.28. The second kappa shape index (κ2) is 6.39. The van der Waals surface area contributed by atoms with E-state index in [9.17, 15) is 0 Å². The molecule has 0 saturated heterocycles. The maximum atomic E-state index is 3.49. The normalized spacial score (nSPS) is 18.7. The molecule has 1 rings (SSSR count). The second-order valence-electron chi connectivity index (χ2n) is 4.00. The van der Waals surface area contributed by atoms with Gasteiger partial charge in [-0.2, -0.15) is 0 Å². The van der Waals surface area contributed by atoms with E-state index in [-0.39, 0.29) is 0 Å². The average Bonchev–Trinajstić information content (AvgIpc) is 2.65. The van der Waals surface area contributed by atoms with E-state index in [0.29, 0.717) is 0 Å². The maximum Gasteiger partial charge on any atom is 0.0243 e. The van der Waals surface area contributed by atoms with Gasteiger partial charge in [-0.3, -0.25) is 5.43 Å². The predicted molar refractivity (Wildman–Crippen MR) is 57.5 cm³/mol. The summed E-state index contributed by atoms with van der Waals surface area (Å²) in [6.07, 6.45) is 8.28. The van der Waals surface area contributed by atoms with Crippen molar-refractivity contribution in [2.45, 2.75) is 58.4 Å². The molecule has 1 N–H and O–H groups in total. The molecule has 78 valence electrons. The van der Waals surface area contributed by atoms with E-state index in [1.54, 1.807) is 0 Å². The molecule has 2 nitrogen and oxygen atoms in total. The molecule has 0 amide bonds. The Labute approximate surface area is 82.7 Å². The Balaban J connectivity index is 2.26. The number of unbranched alkanes of at least 4 members (excludes halogenated alkanes) is 1. The van der Waals surface area contributed by atoms with Crippen molar-refractivity contribution >= 4 is 0 Å². The van der Waals surface area contributed by atoms with Crippen molar-refractivity contribution in [3.05, 3.63) is 0 Å². The van der Waals surface area contributed by atoms with Crippen LogP contribution in [0.5, 0.6) is 0 Å². The van der Waals surface area contributed by atoms with Crippen molar-refractivity contribution in [2.24, 2.45) is 0 Å². The van der Waals surface area contributed by atoms with Gasteiger partial charge >= 0.3 is 0 Å². The zero-order valence-electron chi connectivity index (χ0n) is 9.18. The topological polar surface area (TPSA) is 15.3 Å². The standard InChI is InChI=1S/C11H24N2/c1-3-5-10-13(12-4-2)11-8-6-7-9-11/h11-12H,3-10H2,1-2H3. The number of hydrogen-bond donors (Lipinski definition) is 1. The summed E-state index contributed by atoms with van der Waals surface area (Å²) in [7, 11) is 0. The molecule has 0 heterocycles. The highest BCUT2D eigenvalue weighted by atomic mass is 15.5. The van der Waals surface area contributed by atoms with E-state index in [1.807, 2.05) is 0 Å². The first-order valence-corrected chi connectivity index (χ1v) is 5.88. The molecule has 1 aliphatic carbocycles. The third kappa shape index (κ3) is 3.65. The molecule has 1 fully saturated rings. The molecule has 0 unspecified atom stereocenters. The van der Waals surface area contributed by atoms with Gasteiger partial charge < -0.3 is 0 Å². The first kappa shape index (κ1) is 11.0. The van der Waals surface area contributed by atoms with Crippen molar-refractivity contribution in [1.29, 1.82) is 0 Å². The van der Waals surface area contributed by atoms with Gasteiger partial charge in [0, 0.05) is 19.1 Å². The van der Waals surface area contributed by atoms with E-state index in [0.717, 1.165) is 12.6 Å². The molecule has 13 heavy (non-hydrogen) atoms. The minimum atomic E-state index is 0.825. The van der Waals surface area contributed by atoms with Crippen LogP contribution >= 0.6 is 0 Å². The van der Waals surface area contributed by atoms with Gasteiger partial charge in [0.25, 0.3) is 0 Å². The van der Waals surface area contributed by atoms with Crippen molar-refractivity contribution in [2.75, 3.05) is 13.1 Å². The summed E-state index contributed by atoms with van der Waals surface area (Å²) in [6.45, 7) is 6.75. The van der Waals surface area contributed by atoms with E-state index < -0.39 is 0 Å². The fourth-order valence-corrected chi connectivity index (χ4v) is 2.14. The third-order valence-electron chi connectivity index (χ3n) is 2.88. The molecule has 0 spiro atoms. The Kier molecular flexibility index (Phi) is 5.40. The fraction of sp³-hybridized carbons (Fsp3) is 1.00. The average molecular weight is 184 g/mol. The Bertz CT molecular complexity index is 119. The second-order valence-corrected chi connectivity index (χ2v) is 4.00. The molecule has 0 aromatic carbocycles. The molecule has 0 radical (unpaired) electrons. The summed E-state index contributed by atoms with van der Waals surface area (Å²) >= 11 is 0. The SMILES string of the molecule is CCCCN(NCC)C1CCCC1. The van der Waals surface area contributed by atoms with E-state index >= 15 is 0 Å². The van der Waals surface area contributed by atoms with Crippen LogP contribution in [0.25, 0.3) is 0 Å². The van der Waals surface area contributed by atoms with Gasteiger partial charge in [-0.15, -0.1) is 0 Å². The fourth-order valence-electron chi connectivity index (χ4n) is 2.14. The van der Waals surface area contributed by atoms with Gasteiger partial charge in [-0.25, -0.2) is 5.01 Å². The lowest BCUT2D eigenvalue weighted by Crippen LogP contribution is -2.44. The van der Waals surface area contributed by atoms with Gasteiger partial charge in [-0.1, -0.05) is 33.1 Å². The highest BCUT2D eigenvalue weighted by Gasteiger charge is 2.21. The van der Waals surface area contributed by atoms with E-state index in [4.69, 9.17) is 0 Å². The van der Waals surface area contributed by atoms with Crippen LogP contribution in [0.1, 0.15) is 52.4 Å². The van der Waals surface area contributed by atoms with Crippen LogP contribution in [0.4, 0.5) is 0 Å². The quantitative estimate of drug-likeness (QED) is 0.638. The van der Waals surface area contributed by atoms with Gasteiger partial charge in [-0.05, 0) is 19.3 Å². The minimum Gasteiger partial charge on any atom is -0.255 e. The van der Waals surface area contributed by atoms with Gasteiger partial charge in [0.15, 0.2) is 0 Å². The highest BCUT2D eigenvalue weighted by Crippen LogP contribution is 2.22. The van der Waals surface area contributed by atoms with Crippen LogP contribution in [-0.2, 0) is 0 Å². The van der Waals surface area contributed by atoms with Crippen molar-refractivity contribution in [3.63, 3.8) is 0 Å². The molecule has 0 aromatic heterocycles. The van der Waals surface area contributed by atoms with Crippen LogP contribution < -0.4 is 5.43 Å². The monoisotopic (exact) mass is 184 g/mol. The van der Waals surface area contributed by atoms with Crippen LogP contribution in [-0.4, -0.2) is 24.1 Å². The first-order valence-electron chi connectivity index (χ1n) is 5.88. The molecular weight excluding hydrogens is 160 g/mol. The number of nitrogens with one attached hydrogen (secondary N) is 1. The summed E-state index contributed by atoms with van der Waals surface area (Å²) in [4.78, 5) is 0. The van der Waals surface area contributed by atoms with Crippen molar-refractivity contribution in [1.82, 2.24) is 10.4 Å². The summed E-state index contributed by atoms with van der Waals surface area (Å²) in [5.41, 5.74) is 3.49. The first-order chi connectivity index (χ1) is 6.38. The number of nitrogens with zero attached hydrogens (tertiary/aromatic N) is 1. The number of hydrazine groups is 1. The molecule has 0 atom stereocenters. The minimum absolute atomic E-state index is 0.825. The molecule has 1 aliphatic rings. The summed E-state index contributed by atoms with van der Waals surface area (Å²) in [6, 6.07) is 0.825. The zero-order chi connectivity index (χ0) is 9.52. The summed E-state index contributed by atoms with van der Waals surface area (Å²) in [5, 5.41) is 2.48. The van der Waals surface area contributed by atoms with Crippen LogP contribution in [0.2, 0.25) is 0 Å². The molecule has 1 saturated carbocycles. The van der Waals surface area contributed by atoms with E-state index in [2.05, 4.69) is 24.3 Å². The molecule has 0 aromatic rings. The van der Waals surface area contributed by atoms with Crippen LogP contribution in [0.15, 0.2) is 0 Å². The molecular formula is C11H24N2. The lowest BCUT2D eigenvalue weighted by atomic mass is 10.2. The van der Waals surface area contributed by atoms with E-state index in [1.165, 1.54) is 45.1 Å². The Morgan fingerprint density at radius 2 is 1.92 bits per heavy atom. The zero-order valence-corrected chi connectivity index (χ0v) is 9.18. The smallest absolute Gasteiger partial charge is 0.0243 e. The third-order valence-corrected chi connectivity index (χ3v) is 2.88.